The lowest BCUT2D eigenvalue weighted by Gasteiger charge is -2.15. The molecule has 0 saturated heterocycles. The maximum atomic E-state index is 11.9. The van der Waals surface area contributed by atoms with Crippen LogP contribution in [0.4, 0.5) is 0 Å². The summed E-state index contributed by atoms with van der Waals surface area (Å²) in [6, 6.07) is 9.68. The Morgan fingerprint density at radius 1 is 1.10 bits per heavy atom. The summed E-state index contributed by atoms with van der Waals surface area (Å²) in [6.45, 7) is 4.22. The molecule has 0 aliphatic rings. The molecule has 1 aromatic rings. The van der Waals surface area contributed by atoms with Gasteiger partial charge in [-0.2, -0.15) is 0 Å². The topological polar surface area (TPSA) is 52.6 Å². The summed E-state index contributed by atoms with van der Waals surface area (Å²) in [4.78, 5) is 23.3. The number of hydrogen-bond donors (Lipinski definition) is 0. The zero-order valence-electron chi connectivity index (χ0n) is 11.8. The van der Waals surface area contributed by atoms with Crippen LogP contribution in [0.5, 0.6) is 0 Å². The first-order valence-electron chi connectivity index (χ1n) is 6.65. The summed E-state index contributed by atoms with van der Waals surface area (Å²) in [5.74, 6) is -0.435. The lowest BCUT2D eigenvalue weighted by molar-refractivity contribution is -0.142. The van der Waals surface area contributed by atoms with E-state index >= 15 is 0 Å². The van der Waals surface area contributed by atoms with Crippen LogP contribution in [0.1, 0.15) is 19.4 Å². The first-order chi connectivity index (χ1) is 9.67. The third-order valence-electron chi connectivity index (χ3n) is 2.52. The number of rotatable bonds is 8. The molecule has 5 heteroatoms. The van der Waals surface area contributed by atoms with Gasteiger partial charge < -0.3 is 9.47 Å². The van der Waals surface area contributed by atoms with E-state index in [-0.39, 0.29) is 22.9 Å². The van der Waals surface area contributed by atoms with Crippen LogP contribution in [-0.4, -0.2) is 36.2 Å². The minimum absolute atomic E-state index is 0.157. The summed E-state index contributed by atoms with van der Waals surface area (Å²) < 4.78 is 9.93. The molecule has 4 nitrogen and oxygen atoms in total. The van der Waals surface area contributed by atoms with Gasteiger partial charge in [-0.3, -0.25) is 9.59 Å². The maximum Gasteiger partial charge on any atom is 0.319 e. The molecule has 1 aromatic carbocycles. The standard InChI is InChI=1S/C15H20O4S/c1-3-18-14(16)11-20-13(15(17)19-4-2)10-12-8-6-5-7-9-12/h5-9,13H,3-4,10-11H2,1-2H3/t13-/m1/s1. The van der Waals surface area contributed by atoms with Crippen molar-refractivity contribution in [3.05, 3.63) is 35.9 Å². The lowest BCUT2D eigenvalue weighted by Crippen LogP contribution is -2.24. The molecule has 0 amide bonds. The second-order valence-corrected chi connectivity index (χ2v) is 5.24. The summed E-state index contributed by atoms with van der Waals surface area (Å²) in [7, 11) is 0. The minimum atomic E-state index is -0.387. The molecule has 1 atom stereocenters. The van der Waals surface area contributed by atoms with E-state index in [1.807, 2.05) is 30.3 Å². The van der Waals surface area contributed by atoms with Crippen molar-refractivity contribution in [3.8, 4) is 0 Å². The van der Waals surface area contributed by atoms with Gasteiger partial charge in [0.15, 0.2) is 0 Å². The van der Waals surface area contributed by atoms with E-state index in [2.05, 4.69) is 0 Å². The Morgan fingerprint density at radius 3 is 2.35 bits per heavy atom. The second kappa shape index (κ2) is 9.42. The highest BCUT2D eigenvalue weighted by molar-refractivity contribution is 8.01. The van der Waals surface area contributed by atoms with Crippen LogP contribution < -0.4 is 0 Å². The Labute approximate surface area is 123 Å². The zero-order chi connectivity index (χ0) is 14.8. The van der Waals surface area contributed by atoms with E-state index in [0.29, 0.717) is 19.6 Å². The van der Waals surface area contributed by atoms with Gasteiger partial charge in [0, 0.05) is 0 Å². The van der Waals surface area contributed by atoms with Crippen molar-refractivity contribution in [2.75, 3.05) is 19.0 Å². The fourth-order valence-corrected chi connectivity index (χ4v) is 2.58. The van der Waals surface area contributed by atoms with Gasteiger partial charge in [0.05, 0.1) is 19.0 Å². The average Bonchev–Trinajstić information content (AvgIpc) is 2.45. The van der Waals surface area contributed by atoms with E-state index in [4.69, 9.17) is 9.47 Å². The highest BCUT2D eigenvalue weighted by Gasteiger charge is 2.22. The zero-order valence-corrected chi connectivity index (χ0v) is 12.7. The highest BCUT2D eigenvalue weighted by atomic mass is 32.2. The summed E-state index contributed by atoms with van der Waals surface area (Å²) in [5, 5.41) is -0.387. The molecule has 20 heavy (non-hydrogen) atoms. The first kappa shape index (κ1) is 16.6. The molecule has 0 saturated carbocycles. The van der Waals surface area contributed by atoms with Crippen molar-refractivity contribution in [2.45, 2.75) is 25.5 Å². The number of thioether (sulfide) groups is 1. The molecule has 0 aliphatic carbocycles. The first-order valence-corrected chi connectivity index (χ1v) is 7.70. The van der Waals surface area contributed by atoms with Crippen LogP contribution in [0.25, 0.3) is 0 Å². The van der Waals surface area contributed by atoms with Gasteiger partial charge in [-0.05, 0) is 25.8 Å². The molecule has 0 unspecified atom stereocenters. The number of hydrogen-bond acceptors (Lipinski definition) is 5. The highest BCUT2D eigenvalue weighted by Crippen LogP contribution is 2.18. The third kappa shape index (κ3) is 6.10. The van der Waals surface area contributed by atoms with Gasteiger partial charge in [0.2, 0.25) is 0 Å². The molecule has 0 bridgehead atoms. The van der Waals surface area contributed by atoms with Gasteiger partial charge in [-0.1, -0.05) is 30.3 Å². The van der Waals surface area contributed by atoms with Crippen molar-refractivity contribution in [2.24, 2.45) is 0 Å². The summed E-state index contributed by atoms with van der Waals surface area (Å²) >= 11 is 1.26. The predicted octanol–water partition coefficient (Wildman–Crippen LogP) is 2.46. The Kier molecular flexibility index (Phi) is 7.80. The fourth-order valence-electron chi connectivity index (χ4n) is 1.64. The van der Waals surface area contributed by atoms with E-state index in [1.54, 1.807) is 13.8 Å². The third-order valence-corrected chi connectivity index (χ3v) is 3.68. The molecule has 0 aromatic heterocycles. The molecule has 1 rings (SSSR count). The van der Waals surface area contributed by atoms with Gasteiger partial charge in [0.1, 0.15) is 5.25 Å². The van der Waals surface area contributed by atoms with Crippen molar-refractivity contribution in [1.29, 1.82) is 0 Å². The number of esters is 2. The maximum absolute atomic E-state index is 11.9. The van der Waals surface area contributed by atoms with Gasteiger partial charge in [0.25, 0.3) is 0 Å². The van der Waals surface area contributed by atoms with Crippen molar-refractivity contribution in [1.82, 2.24) is 0 Å². The second-order valence-electron chi connectivity index (χ2n) is 4.05. The van der Waals surface area contributed by atoms with Crippen LogP contribution in [0.2, 0.25) is 0 Å². The Bertz CT molecular complexity index is 419. The Hall–Kier alpha value is -1.49. The van der Waals surface area contributed by atoms with Crippen LogP contribution in [0, 0.1) is 0 Å². The monoisotopic (exact) mass is 296 g/mol. The van der Waals surface area contributed by atoms with E-state index in [9.17, 15) is 9.59 Å². The van der Waals surface area contributed by atoms with Crippen LogP contribution >= 0.6 is 11.8 Å². The molecule has 0 spiro atoms. The fraction of sp³-hybridized carbons (Fsp3) is 0.467. The average molecular weight is 296 g/mol. The smallest absolute Gasteiger partial charge is 0.319 e. The molecule has 0 fully saturated rings. The van der Waals surface area contributed by atoms with Crippen molar-refractivity contribution >= 4 is 23.7 Å². The number of carbonyl (C=O) groups is 2. The minimum Gasteiger partial charge on any atom is -0.465 e. The van der Waals surface area contributed by atoms with Crippen molar-refractivity contribution in [3.63, 3.8) is 0 Å². The lowest BCUT2D eigenvalue weighted by atomic mass is 10.1. The summed E-state index contributed by atoms with van der Waals surface area (Å²) in [5.41, 5.74) is 1.04. The predicted molar refractivity (Wildman–Crippen MR) is 79.7 cm³/mol. The molecular formula is C15H20O4S. The summed E-state index contributed by atoms with van der Waals surface area (Å²) in [6.07, 6.45) is 0.545. The van der Waals surface area contributed by atoms with E-state index < -0.39 is 0 Å². The van der Waals surface area contributed by atoms with Crippen LogP contribution in [0.3, 0.4) is 0 Å². The largest absolute Gasteiger partial charge is 0.465 e. The van der Waals surface area contributed by atoms with Gasteiger partial charge >= 0.3 is 11.9 Å². The molecule has 0 heterocycles. The van der Waals surface area contributed by atoms with Crippen molar-refractivity contribution < 1.29 is 19.1 Å². The molecular weight excluding hydrogens is 276 g/mol. The molecule has 0 N–H and O–H groups in total. The molecule has 110 valence electrons. The normalized spacial score (nSPS) is 11.7. The Morgan fingerprint density at radius 2 is 1.75 bits per heavy atom. The molecule has 0 radical (unpaired) electrons. The van der Waals surface area contributed by atoms with Gasteiger partial charge in [-0.25, -0.2) is 0 Å². The van der Waals surface area contributed by atoms with E-state index in [0.717, 1.165) is 5.56 Å². The van der Waals surface area contributed by atoms with Crippen LogP contribution in [0.15, 0.2) is 30.3 Å². The number of carbonyl (C=O) groups excluding carboxylic acids is 2. The Balaban J connectivity index is 2.60. The SMILES string of the molecule is CCOC(=O)CS[C@H](Cc1ccccc1)C(=O)OCC. The molecule has 0 aliphatic heterocycles. The van der Waals surface area contributed by atoms with Crippen LogP contribution in [-0.2, 0) is 25.5 Å². The number of benzene rings is 1. The quantitative estimate of drug-likeness (QED) is 0.690. The van der Waals surface area contributed by atoms with Gasteiger partial charge in [-0.15, -0.1) is 11.8 Å². The van der Waals surface area contributed by atoms with E-state index in [1.165, 1.54) is 11.8 Å². The number of ether oxygens (including phenoxy) is 2.